The van der Waals surface area contributed by atoms with Gasteiger partial charge in [0.15, 0.2) is 0 Å². The van der Waals surface area contributed by atoms with Gasteiger partial charge in [0.05, 0.1) is 11.4 Å². The van der Waals surface area contributed by atoms with Crippen molar-refractivity contribution in [1.82, 2.24) is 9.78 Å². The second-order valence-electron chi connectivity index (χ2n) is 5.11. The number of hydrogen-bond donors (Lipinski definition) is 2. The standard InChI is InChI=1S/C13H24N4/c1-3-6-11-12(14)13(17(2)16-11)15-9-10-7-4-5-8-10/h10,15H,3-9,14H2,1-2H3. The Morgan fingerprint density at radius 3 is 2.76 bits per heavy atom. The van der Waals surface area contributed by atoms with Crippen molar-refractivity contribution in [2.75, 3.05) is 17.6 Å². The highest BCUT2D eigenvalue weighted by molar-refractivity contribution is 5.65. The summed E-state index contributed by atoms with van der Waals surface area (Å²) in [5.74, 6) is 1.82. The first-order valence-corrected chi connectivity index (χ1v) is 6.77. The van der Waals surface area contributed by atoms with Gasteiger partial charge < -0.3 is 11.1 Å². The van der Waals surface area contributed by atoms with Crippen molar-refractivity contribution >= 4 is 11.5 Å². The number of aromatic nitrogens is 2. The van der Waals surface area contributed by atoms with Crippen LogP contribution in [0.25, 0.3) is 0 Å². The van der Waals surface area contributed by atoms with E-state index in [-0.39, 0.29) is 0 Å². The molecule has 1 aliphatic carbocycles. The van der Waals surface area contributed by atoms with Gasteiger partial charge in [-0.1, -0.05) is 26.2 Å². The Labute approximate surface area is 104 Å². The van der Waals surface area contributed by atoms with Crippen molar-refractivity contribution in [3.05, 3.63) is 5.69 Å². The quantitative estimate of drug-likeness (QED) is 0.826. The molecular formula is C13H24N4. The monoisotopic (exact) mass is 236 g/mol. The number of anilines is 2. The zero-order chi connectivity index (χ0) is 12.3. The predicted molar refractivity (Wildman–Crippen MR) is 72.1 cm³/mol. The lowest BCUT2D eigenvalue weighted by atomic mass is 10.1. The molecule has 1 fully saturated rings. The zero-order valence-corrected chi connectivity index (χ0v) is 11.0. The number of nitrogens with two attached hydrogens (primary N) is 1. The van der Waals surface area contributed by atoms with E-state index in [1.54, 1.807) is 0 Å². The fraction of sp³-hybridized carbons (Fsp3) is 0.769. The van der Waals surface area contributed by atoms with E-state index >= 15 is 0 Å². The molecular weight excluding hydrogens is 212 g/mol. The van der Waals surface area contributed by atoms with Crippen molar-refractivity contribution < 1.29 is 0 Å². The third-order valence-corrected chi connectivity index (χ3v) is 3.68. The summed E-state index contributed by atoms with van der Waals surface area (Å²) in [4.78, 5) is 0. The first kappa shape index (κ1) is 12.3. The van der Waals surface area contributed by atoms with Gasteiger partial charge in [0.2, 0.25) is 0 Å². The molecule has 4 heteroatoms. The Balaban J connectivity index is 1.99. The van der Waals surface area contributed by atoms with Gasteiger partial charge in [-0.15, -0.1) is 0 Å². The van der Waals surface area contributed by atoms with E-state index in [0.29, 0.717) is 0 Å². The number of nitrogen functional groups attached to an aromatic ring is 1. The summed E-state index contributed by atoms with van der Waals surface area (Å²) in [7, 11) is 1.96. The molecule has 4 nitrogen and oxygen atoms in total. The van der Waals surface area contributed by atoms with Crippen LogP contribution in [0.5, 0.6) is 0 Å². The van der Waals surface area contributed by atoms with Crippen LogP contribution in [0.15, 0.2) is 0 Å². The molecule has 0 aromatic carbocycles. The summed E-state index contributed by atoms with van der Waals surface area (Å²) in [5.41, 5.74) is 8.00. The van der Waals surface area contributed by atoms with Crippen molar-refractivity contribution in [2.24, 2.45) is 13.0 Å². The van der Waals surface area contributed by atoms with Crippen LogP contribution >= 0.6 is 0 Å². The van der Waals surface area contributed by atoms with E-state index in [9.17, 15) is 0 Å². The Morgan fingerprint density at radius 2 is 2.12 bits per heavy atom. The number of hydrogen-bond acceptors (Lipinski definition) is 3. The predicted octanol–water partition coefficient (Wildman–Crippen LogP) is 2.56. The van der Waals surface area contributed by atoms with E-state index < -0.39 is 0 Å². The second kappa shape index (κ2) is 5.43. The van der Waals surface area contributed by atoms with Crippen molar-refractivity contribution in [3.63, 3.8) is 0 Å². The van der Waals surface area contributed by atoms with Gasteiger partial charge in [-0.25, -0.2) is 0 Å². The molecule has 0 aliphatic heterocycles. The van der Waals surface area contributed by atoms with Crippen LogP contribution in [0, 0.1) is 5.92 Å². The summed E-state index contributed by atoms with van der Waals surface area (Å²) < 4.78 is 1.88. The van der Waals surface area contributed by atoms with Gasteiger partial charge in [-0.3, -0.25) is 4.68 Å². The fourth-order valence-corrected chi connectivity index (χ4v) is 2.68. The van der Waals surface area contributed by atoms with Gasteiger partial charge in [-0.2, -0.15) is 5.10 Å². The molecule has 1 aliphatic rings. The first-order chi connectivity index (χ1) is 8.22. The molecule has 1 heterocycles. The van der Waals surface area contributed by atoms with E-state index in [1.165, 1.54) is 25.7 Å². The summed E-state index contributed by atoms with van der Waals surface area (Å²) in [6.07, 6.45) is 7.52. The molecule has 0 bridgehead atoms. The van der Waals surface area contributed by atoms with Crippen LogP contribution in [-0.2, 0) is 13.5 Å². The average molecular weight is 236 g/mol. The van der Waals surface area contributed by atoms with Crippen LogP contribution in [0.4, 0.5) is 11.5 Å². The number of nitrogens with zero attached hydrogens (tertiary/aromatic N) is 2. The molecule has 0 amide bonds. The molecule has 3 N–H and O–H groups in total. The molecule has 1 aromatic heterocycles. The van der Waals surface area contributed by atoms with Crippen molar-refractivity contribution in [2.45, 2.75) is 45.4 Å². The molecule has 0 unspecified atom stereocenters. The number of aryl methyl sites for hydroxylation is 2. The first-order valence-electron chi connectivity index (χ1n) is 6.77. The molecule has 0 radical (unpaired) electrons. The lowest BCUT2D eigenvalue weighted by Crippen LogP contribution is -2.14. The third kappa shape index (κ3) is 2.73. The second-order valence-corrected chi connectivity index (χ2v) is 5.11. The Morgan fingerprint density at radius 1 is 1.41 bits per heavy atom. The lowest BCUT2D eigenvalue weighted by molar-refractivity contribution is 0.576. The largest absolute Gasteiger partial charge is 0.394 e. The highest BCUT2D eigenvalue weighted by Crippen LogP contribution is 2.27. The van der Waals surface area contributed by atoms with Crippen LogP contribution in [0.2, 0.25) is 0 Å². The molecule has 96 valence electrons. The number of rotatable bonds is 5. The minimum absolute atomic E-state index is 0.818. The highest BCUT2D eigenvalue weighted by atomic mass is 15.3. The normalized spacial score (nSPS) is 16.6. The van der Waals surface area contributed by atoms with Gasteiger partial charge in [-0.05, 0) is 25.2 Å². The average Bonchev–Trinajstić information content (AvgIpc) is 2.88. The Hall–Kier alpha value is -1.19. The maximum Gasteiger partial charge on any atom is 0.147 e. The van der Waals surface area contributed by atoms with Crippen molar-refractivity contribution in [1.29, 1.82) is 0 Å². The minimum atomic E-state index is 0.818. The van der Waals surface area contributed by atoms with E-state index in [4.69, 9.17) is 5.73 Å². The van der Waals surface area contributed by atoms with Gasteiger partial charge >= 0.3 is 0 Å². The summed E-state index contributed by atoms with van der Waals surface area (Å²) >= 11 is 0. The Kier molecular flexibility index (Phi) is 3.92. The lowest BCUT2D eigenvalue weighted by Gasteiger charge is -2.12. The maximum absolute atomic E-state index is 6.13. The van der Waals surface area contributed by atoms with Crippen LogP contribution < -0.4 is 11.1 Å². The summed E-state index contributed by atoms with van der Waals surface area (Å²) in [6.45, 7) is 3.19. The smallest absolute Gasteiger partial charge is 0.147 e. The molecule has 17 heavy (non-hydrogen) atoms. The fourth-order valence-electron chi connectivity index (χ4n) is 2.68. The molecule has 1 saturated carbocycles. The van der Waals surface area contributed by atoms with E-state index in [1.807, 2.05) is 11.7 Å². The molecule has 0 atom stereocenters. The summed E-state index contributed by atoms with van der Waals surface area (Å²) in [6, 6.07) is 0. The van der Waals surface area contributed by atoms with Crippen LogP contribution in [-0.4, -0.2) is 16.3 Å². The van der Waals surface area contributed by atoms with Crippen molar-refractivity contribution in [3.8, 4) is 0 Å². The maximum atomic E-state index is 6.13. The van der Waals surface area contributed by atoms with Gasteiger partial charge in [0, 0.05) is 13.6 Å². The summed E-state index contributed by atoms with van der Waals surface area (Å²) in [5, 5.41) is 7.95. The van der Waals surface area contributed by atoms with Gasteiger partial charge in [0.1, 0.15) is 5.82 Å². The van der Waals surface area contributed by atoms with Gasteiger partial charge in [0.25, 0.3) is 0 Å². The third-order valence-electron chi connectivity index (χ3n) is 3.68. The molecule has 1 aromatic rings. The molecule has 0 saturated heterocycles. The Bertz CT molecular complexity index is 364. The minimum Gasteiger partial charge on any atom is -0.394 e. The van der Waals surface area contributed by atoms with E-state index in [0.717, 1.165) is 42.5 Å². The highest BCUT2D eigenvalue weighted by Gasteiger charge is 2.17. The zero-order valence-electron chi connectivity index (χ0n) is 11.0. The topological polar surface area (TPSA) is 55.9 Å². The van der Waals surface area contributed by atoms with E-state index in [2.05, 4.69) is 17.3 Å². The SMILES string of the molecule is CCCc1nn(C)c(NCC2CCCC2)c1N. The molecule has 0 spiro atoms. The van der Waals surface area contributed by atoms with Crippen LogP contribution in [0.3, 0.4) is 0 Å². The van der Waals surface area contributed by atoms with Crippen LogP contribution in [0.1, 0.15) is 44.7 Å². The molecule has 2 rings (SSSR count). The number of nitrogens with one attached hydrogen (secondary N) is 1.